The second-order valence-electron chi connectivity index (χ2n) is 16.1. The second-order valence-corrected chi connectivity index (χ2v) is 16.1. The van der Waals surface area contributed by atoms with Crippen LogP contribution in [0, 0.1) is 11.8 Å². The Morgan fingerprint density at radius 2 is 0.745 bits per heavy atom. The van der Waals surface area contributed by atoms with E-state index < -0.39 is 6.10 Å². The molecule has 0 aromatic rings. The molecular formula is C45H86O6. The molecule has 0 aromatic heterocycles. The molecule has 0 saturated carbocycles. The Kier molecular flexibility index (Phi) is 37.0. The Morgan fingerprint density at radius 3 is 1.12 bits per heavy atom. The van der Waals surface area contributed by atoms with Crippen LogP contribution in [0.1, 0.15) is 240 Å². The van der Waals surface area contributed by atoms with Gasteiger partial charge in [-0.2, -0.15) is 0 Å². The topological polar surface area (TPSA) is 78.9 Å². The minimum atomic E-state index is -0.760. The molecule has 0 saturated heterocycles. The Hall–Kier alpha value is -1.59. The van der Waals surface area contributed by atoms with Crippen molar-refractivity contribution >= 4 is 17.9 Å². The van der Waals surface area contributed by atoms with Crippen LogP contribution in [0.3, 0.4) is 0 Å². The molecule has 0 N–H and O–H groups in total. The second kappa shape index (κ2) is 38.1. The Bertz CT molecular complexity index is 781. The lowest BCUT2D eigenvalue weighted by atomic mass is 9.99. The van der Waals surface area contributed by atoms with Gasteiger partial charge in [-0.15, -0.1) is 0 Å². The number of hydrogen-bond donors (Lipinski definition) is 0. The van der Waals surface area contributed by atoms with Crippen LogP contribution in [-0.4, -0.2) is 37.2 Å². The predicted octanol–water partition coefficient (Wildman–Crippen LogP) is 13.8. The van der Waals surface area contributed by atoms with E-state index in [4.69, 9.17) is 14.2 Å². The maximum absolute atomic E-state index is 12.6. The molecule has 1 unspecified atom stereocenters. The number of ether oxygens (including phenoxy) is 3. The van der Waals surface area contributed by atoms with Gasteiger partial charge in [-0.1, -0.05) is 202 Å². The molecule has 0 aliphatic heterocycles. The van der Waals surface area contributed by atoms with Crippen molar-refractivity contribution in [1.29, 1.82) is 0 Å². The van der Waals surface area contributed by atoms with Gasteiger partial charge in [0.05, 0.1) is 0 Å². The van der Waals surface area contributed by atoms with Crippen LogP contribution in [0.4, 0.5) is 0 Å². The average molecular weight is 723 g/mol. The van der Waals surface area contributed by atoms with Gasteiger partial charge in [0.25, 0.3) is 0 Å². The summed E-state index contributed by atoms with van der Waals surface area (Å²) in [6.07, 6.45) is 35.2. The molecule has 0 fully saturated rings. The molecule has 0 aromatic carbocycles. The van der Waals surface area contributed by atoms with Crippen molar-refractivity contribution in [1.82, 2.24) is 0 Å². The number of unbranched alkanes of at least 4 members (excludes halogenated alkanes) is 23. The van der Waals surface area contributed by atoms with E-state index in [9.17, 15) is 14.4 Å². The number of esters is 3. The molecule has 0 bridgehead atoms. The quantitative estimate of drug-likeness (QED) is 0.0357. The molecule has 302 valence electrons. The third kappa shape index (κ3) is 38.0. The maximum atomic E-state index is 12.6. The van der Waals surface area contributed by atoms with Crippen LogP contribution >= 0.6 is 0 Å². The maximum Gasteiger partial charge on any atom is 0.306 e. The normalized spacial score (nSPS) is 12.6. The fourth-order valence-electron chi connectivity index (χ4n) is 6.54. The molecule has 0 radical (unpaired) electrons. The molecule has 0 rings (SSSR count). The first-order chi connectivity index (χ1) is 24.8. The largest absolute Gasteiger partial charge is 0.462 e. The summed E-state index contributed by atoms with van der Waals surface area (Å²) in [6, 6.07) is 0. The van der Waals surface area contributed by atoms with Gasteiger partial charge < -0.3 is 14.2 Å². The monoisotopic (exact) mass is 723 g/mol. The molecule has 2 atom stereocenters. The Morgan fingerprint density at radius 1 is 0.412 bits per heavy atom. The first kappa shape index (κ1) is 49.4. The van der Waals surface area contributed by atoms with Gasteiger partial charge in [0.2, 0.25) is 0 Å². The number of carbonyl (C=O) groups excluding carboxylic acids is 3. The van der Waals surface area contributed by atoms with E-state index in [1.807, 2.05) is 0 Å². The van der Waals surface area contributed by atoms with Crippen molar-refractivity contribution in [3.05, 3.63) is 0 Å². The first-order valence-electron chi connectivity index (χ1n) is 22.3. The van der Waals surface area contributed by atoms with Gasteiger partial charge in [0, 0.05) is 19.3 Å². The molecular weight excluding hydrogens is 636 g/mol. The van der Waals surface area contributed by atoms with Crippen molar-refractivity contribution in [3.63, 3.8) is 0 Å². The van der Waals surface area contributed by atoms with Crippen LogP contribution < -0.4 is 0 Å². The van der Waals surface area contributed by atoms with E-state index >= 15 is 0 Å². The zero-order valence-electron chi connectivity index (χ0n) is 34.7. The zero-order chi connectivity index (χ0) is 37.6. The van der Waals surface area contributed by atoms with Crippen molar-refractivity contribution in [2.75, 3.05) is 13.2 Å². The summed E-state index contributed by atoms with van der Waals surface area (Å²) in [7, 11) is 0. The molecule has 51 heavy (non-hydrogen) atoms. The summed E-state index contributed by atoms with van der Waals surface area (Å²) in [5.74, 6) is 0.742. The fourth-order valence-corrected chi connectivity index (χ4v) is 6.54. The standard InChI is InChI=1S/C45H86O6/c1-6-8-9-10-11-12-13-14-15-19-25-30-35-43(46)49-38-42(51-45(48)37-32-27-22-21-23-28-33-40(3)4)39-50-44(47)36-31-26-20-17-16-18-24-29-34-41(5)7-2/h40-42H,6-39H2,1-5H3/t41?,42-/m0/s1. The lowest BCUT2D eigenvalue weighted by Crippen LogP contribution is -2.30. The average Bonchev–Trinajstić information content (AvgIpc) is 3.11. The summed E-state index contributed by atoms with van der Waals surface area (Å²) >= 11 is 0. The number of carbonyl (C=O) groups is 3. The van der Waals surface area contributed by atoms with Gasteiger partial charge in [-0.05, 0) is 31.1 Å². The predicted molar refractivity (Wildman–Crippen MR) is 215 cm³/mol. The zero-order valence-corrected chi connectivity index (χ0v) is 34.7. The Balaban J connectivity index is 4.33. The highest BCUT2D eigenvalue weighted by atomic mass is 16.6. The van der Waals surface area contributed by atoms with E-state index in [-0.39, 0.29) is 31.1 Å². The van der Waals surface area contributed by atoms with E-state index in [0.717, 1.165) is 69.6 Å². The summed E-state index contributed by atoms with van der Waals surface area (Å²) in [6.45, 7) is 11.3. The molecule has 0 amide bonds. The van der Waals surface area contributed by atoms with Crippen LogP contribution in [0.25, 0.3) is 0 Å². The summed E-state index contributed by atoms with van der Waals surface area (Å²) in [4.78, 5) is 37.6. The number of rotatable bonds is 39. The highest BCUT2D eigenvalue weighted by molar-refractivity contribution is 5.71. The Labute approximate surface area is 317 Å². The van der Waals surface area contributed by atoms with Gasteiger partial charge in [-0.25, -0.2) is 0 Å². The first-order valence-corrected chi connectivity index (χ1v) is 22.3. The highest BCUT2D eigenvalue weighted by Gasteiger charge is 2.19. The van der Waals surface area contributed by atoms with Crippen LogP contribution in [0.5, 0.6) is 0 Å². The van der Waals surface area contributed by atoms with Crippen molar-refractivity contribution < 1.29 is 28.6 Å². The van der Waals surface area contributed by atoms with Gasteiger partial charge in [0.1, 0.15) is 13.2 Å². The van der Waals surface area contributed by atoms with Gasteiger partial charge in [0.15, 0.2) is 6.10 Å². The molecule has 0 heterocycles. The smallest absolute Gasteiger partial charge is 0.306 e. The van der Waals surface area contributed by atoms with E-state index in [2.05, 4.69) is 34.6 Å². The van der Waals surface area contributed by atoms with Crippen molar-refractivity contribution in [2.45, 2.75) is 246 Å². The molecule has 0 spiro atoms. The van der Waals surface area contributed by atoms with E-state index in [0.29, 0.717) is 19.3 Å². The van der Waals surface area contributed by atoms with Gasteiger partial charge in [-0.3, -0.25) is 14.4 Å². The molecule has 0 aliphatic carbocycles. The van der Waals surface area contributed by atoms with Crippen molar-refractivity contribution in [2.24, 2.45) is 11.8 Å². The summed E-state index contributed by atoms with van der Waals surface area (Å²) < 4.78 is 16.7. The summed E-state index contributed by atoms with van der Waals surface area (Å²) in [5.41, 5.74) is 0. The fraction of sp³-hybridized carbons (Fsp3) is 0.933. The minimum Gasteiger partial charge on any atom is -0.462 e. The molecule has 6 nitrogen and oxygen atoms in total. The van der Waals surface area contributed by atoms with Crippen LogP contribution in [0.2, 0.25) is 0 Å². The molecule has 0 aliphatic rings. The third-order valence-electron chi connectivity index (χ3n) is 10.3. The van der Waals surface area contributed by atoms with Crippen LogP contribution in [0.15, 0.2) is 0 Å². The van der Waals surface area contributed by atoms with Crippen molar-refractivity contribution in [3.8, 4) is 0 Å². The summed E-state index contributed by atoms with van der Waals surface area (Å²) in [5, 5.41) is 0. The SMILES string of the molecule is CCCCCCCCCCCCCCC(=O)OC[C@@H](COC(=O)CCCCCCCCCCC(C)CC)OC(=O)CCCCCCCCC(C)C. The number of hydrogen-bond acceptors (Lipinski definition) is 6. The van der Waals surface area contributed by atoms with E-state index in [1.54, 1.807) is 0 Å². The van der Waals surface area contributed by atoms with E-state index in [1.165, 1.54) is 128 Å². The van der Waals surface area contributed by atoms with Crippen LogP contribution in [-0.2, 0) is 28.6 Å². The third-order valence-corrected chi connectivity index (χ3v) is 10.3. The minimum absolute atomic E-state index is 0.0662. The van der Waals surface area contributed by atoms with Gasteiger partial charge >= 0.3 is 17.9 Å². The lowest BCUT2D eigenvalue weighted by Gasteiger charge is -2.18. The lowest BCUT2D eigenvalue weighted by molar-refractivity contribution is -0.167. The highest BCUT2D eigenvalue weighted by Crippen LogP contribution is 2.17. The molecule has 6 heteroatoms.